The summed E-state index contributed by atoms with van der Waals surface area (Å²) >= 11 is 3.19. The van der Waals surface area contributed by atoms with Crippen LogP contribution in [-0.4, -0.2) is 13.4 Å². The summed E-state index contributed by atoms with van der Waals surface area (Å²) in [5, 5.41) is 0. The zero-order chi connectivity index (χ0) is 15.0. The van der Waals surface area contributed by atoms with Gasteiger partial charge in [0, 0.05) is 6.20 Å². The van der Waals surface area contributed by atoms with Crippen molar-refractivity contribution in [1.82, 2.24) is 4.98 Å². The van der Waals surface area contributed by atoms with Crippen LogP contribution in [0.2, 0.25) is 0 Å². The fourth-order valence-electron chi connectivity index (χ4n) is 1.82. The van der Waals surface area contributed by atoms with E-state index in [1.54, 1.807) is 12.1 Å². The first-order valence-electron chi connectivity index (χ1n) is 6.18. The molecule has 2 aromatic rings. The summed E-state index contributed by atoms with van der Waals surface area (Å²) in [6, 6.07) is 10.0. The van der Waals surface area contributed by atoms with E-state index < -0.39 is 9.84 Å². The van der Waals surface area contributed by atoms with E-state index in [0.717, 1.165) is 5.56 Å². The normalized spacial score (nSPS) is 12.4. The lowest BCUT2D eigenvalue weighted by Crippen LogP contribution is -2.11. The first-order chi connectivity index (χ1) is 9.21. The van der Waals surface area contributed by atoms with Crippen LogP contribution >= 0.6 is 15.9 Å². The molecule has 0 atom stereocenters. The summed E-state index contributed by atoms with van der Waals surface area (Å²) in [6.45, 7) is 6.28. The second-order valence-electron chi connectivity index (χ2n) is 5.59. The molecule has 0 bridgehead atoms. The number of halogens is 1. The number of benzene rings is 1. The predicted molar refractivity (Wildman–Crippen MR) is 82.5 cm³/mol. The molecule has 0 fully saturated rings. The van der Waals surface area contributed by atoms with E-state index >= 15 is 0 Å². The highest BCUT2D eigenvalue weighted by Gasteiger charge is 2.20. The second kappa shape index (κ2) is 5.30. The minimum absolute atomic E-state index is 0.00197. The van der Waals surface area contributed by atoms with E-state index in [4.69, 9.17) is 0 Å². The third-order valence-corrected chi connectivity index (χ3v) is 5.24. The molecule has 0 aliphatic carbocycles. The van der Waals surface area contributed by atoms with Gasteiger partial charge in [0.1, 0.15) is 4.60 Å². The standard InChI is InChI=1S/C15H16BrNO2S/c1-15(2,3)11-4-6-12(7-5-11)20(18,19)13-8-9-17-14(16)10-13/h4-10H,1-3H3. The highest BCUT2D eigenvalue weighted by Crippen LogP contribution is 2.26. The molecule has 0 amide bonds. The van der Waals surface area contributed by atoms with Gasteiger partial charge in [0.25, 0.3) is 0 Å². The Morgan fingerprint density at radius 1 is 1.00 bits per heavy atom. The molecule has 106 valence electrons. The van der Waals surface area contributed by atoms with Gasteiger partial charge < -0.3 is 0 Å². The Morgan fingerprint density at radius 3 is 2.10 bits per heavy atom. The molecular weight excluding hydrogens is 338 g/mol. The van der Waals surface area contributed by atoms with E-state index in [0.29, 0.717) is 9.50 Å². The van der Waals surface area contributed by atoms with Gasteiger partial charge in [-0.3, -0.25) is 0 Å². The van der Waals surface area contributed by atoms with E-state index in [9.17, 15) is 8.42 Å². The van der Waals surface area contributed by atoms with Crippen LogP contribution in [0.5, 0.6) is 0 Å². The molecule has 0 spiro atoms. The monoisotopic (exact) mass is 353 g/mol. The molecule has 0 aliphatic heterocycles. The Morgan fingerprint density at radius 2 is 1.60 bits per heavy atom. The summed E-state index contributed by atoms with van der Waals surface area (Å²) in [4.78, 5) is 4.48. The Bertz CT molecular complexity index is 716. The maximum atomic E-state index is 12.5. The van der Waals surface area contributed by atoms with Gasteiger partial charge >= 0.3 is 0 Å². The van der Waals surface area contributed by atoms with Crippen molar-refractivity contribution in [2.45, 2.75) is 36.0 Å². The van der Waals surface area contributed by atoms with Crippen molar-refractivity contribution in [2.24, 2.45) is 0 Å². The largest absolute Gasteiger partial charge is 0.249 e. The number of nitrogens with zero attached hydrogens (tertiary/aromatic N) is 1. The smallest absolute Gasteiger partial charge is 0.206 e. The summed E-state index contributed by atoms with van der Waals surface area (Å²) < 4.78 is 25.5. The van der Waals surface area contributed by atoms with Gasteiger partial charge in [0.15, 0.2) is 0 Å². The van der Waals surface area contributed by atoms with Crippen LogP contribution in [0, 0.1) is 0 Å². The molecule has 0 saturated heterocycles. The highest BCUT2D eigenvalue weighted by atomic mass is 79.9. The fraction of sp³-hybridized carbons (Fsp3) is 0.267. The number of pyridine rings is 1. The van der Waals surface area contributed by atoms with Gasteiger partial charge in [-0.25, -0.2) is 13.4 Å². The molecule has 5 heteroatoms. The van der Waals surface area contributed by atoms with Crippen molar-refractivity contribution in [1.29, 1.82) is 0 Å². The van der Waals surface area contributed by atoms with E-state index in [1.807, 2.05) is 12.1 Å². The van der Waals surface area contributed by atoms with Crippen molar-refractivity contribution < 1.29 is 8.42 Å². The molecule has 0 radical (unpaired) electrons. The number of hydrogen-bond acceptors (Lipinski definition) is 3. The fourth-order valence-corrected chi connectivity index (χ4v) is 3.61. The minimum Gasteiger partial charge on any atom is -0.249 e. The lowest BCUT2D eigenvalue weighted by Gasteiger charge is -2.19. The van der Waals surface area contributed by atoms with Gasteiger partial charge in [-0.05, 0) is 51.2 Å². The molecule has 1 aromatic carbocycles. The van der Waals surface area contributed by atoms with Crippen LogP contribution in [0.15, 0.2) is 57.0 Å². The summed E-state index contributed by atoms with van der Waals surface area (Å²) in [5.74, 6) is 0. The Kier molecular flexibility index (Phi) is 4.02. The van der Waals surface area contributed by atoms with Crippen molar-refractivity contribution >= 4 is 25.8 Å². The number of rotatable bonds is 2. The molecule has 0 N–H and O–H groups in total. The van der Waals surface area contributed by atoms with E-state index in [1.165, 1.54) is 18.3 Å². The Balaban J connectivity index is 2.45. The quantitative estimate of drug-likeness (QED) is 0.767. The molecule has 2 rings (SSSR count). The molecule has 1 aromatic heterocycles. The number of aromatic nitrogens is 1. The van der Waals surface area contributed by atoms with Crippen LogP contribution in [-0.2, 0) is 15.3 Å². The third kappa shape index (κ3) is 3.10. The maximum Gasteiger partial charge on any atom is 0.206 e. The van der Waals surface area contributed by atoms with Gasteiger partial charge in [0.05, 0.1) is 9.79 Å². The zero-order valence-electron chi connectivity index (χ0n) is 11.6. The van der Waals surface area contributed by atoms with Crippen molar-refractivity contribution in [3.63, 3.8) is 0 Å². The van der Waals surface area contributed by atoms with Gasteiger partial charge in [-0.1, -0.05) is 32.9 Å². The lowest BCUT2D eigenvalue weighted by molar-refractivity contribution is 0.586. The first kappa shape index (κ1) is 15.2. The topological polar surface area (TPSA) is 47.0 Å². The Labute approximate surface area is 128 Å². The first-order valence-corrected chi connectivity index (χ1v) is 8.46. The average molecular weight is 354 g/mol. The molecule has 0 aliphatic rings. The second-order valence-corrected chi connectivity index (χ2v) is 8.35. The summed E-state index contributed by atoms with van der Waals surface area (Å²) in [6.07, 6.45) is 1.47. The van der Waals surface area contributed by atoms with E-state index in [2.05, 4.69) is 41.7 Å². The third-order valence-electron chi connectivity index (χ3n) is 3.04. The van der Waals surface area contributed by atoms with Crippen LogP contribution < -0.4 is 0 Å². The summed E-state index contributed by atoms with van der Waals surface area (Å²) in [5.41, 5.74) is 1.11. The van der Waals surface area contributed by atoms with Gasteiger partial charge in [-0.15, -0.1) is 0 Å². The van der Waals surface area contributed by atoms with Crippen LogP contribution in [0.1, 0.15) is 26.3 Å². The average Bonchev–Trinajstić information content (AvgIpc) is 2.38. The minimum atomic E-state index is -3.49. The highest BCUT2D eigenvalue weighted by molar-refractivity contribution is 9.10. The van der Waals surface area contributed by atoms with Crippen molar-refractivity contribution in [3.8, 4) is 0 Å². The molecule has 3 nitrogen and oxygen atoms in total. The zero-order valence-corrected chi connectivity index (χ0v) is 14.0. The summed E-state index contributed by atoms with van der Waals surface area (Å²) in [7, 11) is -3.49. The Hall–Kier alpha value is -1.20. The lowest BCUT2D eigenvalue weighted by atomic mass is 9.87. The van der Waals surface area contributed by atoms with E-state index in [-0.39, 0.29) is 10.3 Å². The number of sulfone groups is 1. The molecule has 20 heavy (non-hydrogen) atoms. The molecule has 0 saturated carbocycles. The maximum absolute atomic E-state index is 12.5. The molecule has 0 unspecified atom stereocenters. The van der Waals surface area contributed by atoms with Gasteiger partial charge in [0.2, 0.25) is 9.84 Å². The molecular formula is C15H16BrNO2S. The van der Waals surface area contributed by atoms with Crippen LogP contribution in [0.4, 0.5) is 0 Å². The number of hydrogen-bond donors (Lipinski definition) is 0. The predicted octanol–water partition coefficient (Wildman–Crippen LogP) is 3.97. The van der Waals surface area contributed by atoms with Crippen molar-refractivity contribution in [2.75, 3.05) is 0 Å². The van der Waals surface area contributed by atoms with Gasteiger partial charge in [-0.2, -0.15) is 0 Å². The van der Waals surface area contributed by atoms with Crippen LogP contribution in [0.3, 0.4) is 0 Å². The SMILES string of the molecule is CC(C)(C)c1ccc(S(=O)(=O)c2ccnc(Br)c2)cc1. The van der Waals surface area contributed by atoms with Crippen LogP contribution in [0.25, 0.3) is 0 Å². The molecule has 1 heterocycles. The van der Waals surface area contributed by atoms with Crippen molar-refractivity contribution in [3.05, 3.63) is 52.8 Å².